The van der Waals surface area contributed by atoms with Crippen molar-refractivity contribution in [2.75, 3.05) is 19.7 Å². The molecule has 2 aliphatic carbocycles. The van der Waals surface area contributed by atoms with E-state index in [0.717, 1.165) is 11.6 Å². The molecular weight excluding hydrogens is 385 g/mol. The minimum absolute atomic E-state index is 0.0594. The Balaban J connectivity index is 1.26. The molecule has 8 heteroatoms. The van der Waals surface area contributed by atoms with Gasteiger partial charge in [-0.15, -0.1) is 0 Å². The van der Waals surface area contributed by atoms with E-state index in [1.165, 1.54) is 6.07 Å². The molecular formula is C21H23F3N2O3. The van der Waals surface area contributed by atoms with Crippen LogP contribution in [0.1, 0.15) is 42.4 Å². The van der Waals surface area contributed by atoms with E-state index in [4.69, 9.17) is 4.74 Å². The third kappa shape index (κ3) is 2.67. The van der Waals surface area contributed by atoms with Crippen LogP contribution in [-0.4, -0.2) is 42.1 Å². The summed E-state index contributed by atoms with van der Waals surface area (Å²) in [6, 6.07) is 4.41. The van der Waals surface area contributed by atoms with Gasteiger partial charge in [-0.2, -0.15) is 13.2 Å². The number of fused-ring (bicyclic) bond motifs is 1. The lowest BCUT2D eigenvalue weighted by Gasteiger charge is -2.43. The number of carbonyl (C=O) groups excluding carboxylic acids is 2. The zero-order valence-corrected chi connectivity index (χ0v) is 16.3. The Hall–Kier alpha value is -2.25. The number of alkyl halides is 3. The van der Waals surface area contributed by atoms with E-state index in [1.807, 2.05) is 4.90 Å². The van der Waals surface area contributed by atoms with Gasteiger partial charge in [0.25, 0.3) is 0 Å². The minimum atomic E-state index is -4.35. The quantitative estimate of drug-likeness (QED) is 0.815. The van der Waals surface area contributed by atoms with E-state index < -0.39 is 17.8 Å². The smallest absolute Gasteiger partial charge is 0.416 e. The first-order valence-corrected chi connectivity index (χ1v) is 9.95. The molecule has 156 valence electrons. The average Bonchev–Trinajstić information content (AvgIpc) is 2.92. The summed E-state index contributed by atoms with van der Waals surface area (Å²) in [7, 11) is 0. The Labute approximate surface area is 166 Å². The van der Waals surface area contributed by atoms with Crippen LogP contribution in [0.2, 0.25) is 0 Å². The summed E-state index contributed by atoms with van der Waals surface area (Å²) in [5, 5.41) is 2.80. The van der Waals surface area contributed by atoms with E-state index in [0.29, 0.717) is 38.1 Å². The second kappa shape index (κ2) is 5.67. The van der Waals surface area contributed by atoms with Crippen molar-refractivity contribution in [2.24, 2.45) is 17.3 Å². The van der Waals surface area contributed by atoms with Crippen molar-refractivity contribution in [3.8, 4) is 0 Å². The highest BCUT2D eigenvalue weighted by Gasteiger charge is 2.68. The fraction of sp³-hybridized carbons (Fsp3) is 0.619. The molecule has 5 nitrogen and oxygen atoms in total. The molecule has 2 amide bonds. The molecule has 4 fully saturated rings. The number of rotatable bonds is 2. The van der Waals surface area contributed by atoms with Gasteiger partial charge in [-0.3, -0.25) is 4.79 Å². The number of cyclic esters (lactones) is 1. The van der Waals surface area contributed by atoms with Crippen LogP contribution in [0.5, 0.6) is 0 Å². The number of likely N-dealkylation sites (tertiary alicyclic amines) is 1. The fourth-order valence-corrected chi connectivity index (χ4v) is 5.97. The number of ether oxygens (including phenoxy) is 1. The zero-order chi connectivity index (χ0) is 20.8. The van der Waals surface area contributed by atoms with Crippen LogP contribution in [0.4, 0.5) is 18.0 Å². The molecule has 0 bridgehead atoms. The van der Waals surface area contributed by atoms with E-state index in [9.17, 15) is 22.8 Å². The van der Waals surface area contributed by atoms with Crippen molar-refractivity contribution in [1.82, 2.24) is 10.2 Å². The van der Waals surface area contributed by atoms with E-state index in [-0.39, 0.29) is 34.6 Å². The molecule has 1 aromatic carbocycles. The molecule has 2 saturated heterocycles. The molecule has 29 heavy (non-hydrogen) atoms. The Bertz CT molecular complexity index is 909. The van der Waals surface area contributed by atoms with Crippen molar-refractivity contribution < 1.29 is 27.5 Å². The summed E-state index contributed by atoms with van der Waals surface area (Å²) in [5.74, 6) is 0.220. The largest absolute Gasteiger partial charge is 0.447 e. The molecule has 4 aliphatic rings. The lowest BCUT2D eigenvalue weighted by molar-refractivity contribution is -0.141. The highest BCUT2D eigenvalue weighted by Crippen LogP contribution is 2.69. The summed E-state index contributed by atoms with van der Waals surface area (Å²) in [6.07, 6.45) is -3.60. The summed E-state index contributed by atoms with van der Waals surface area (Å²) in [6.45, 7) is 5.09. The maximum Gasteiger partial charge on any atom is 0.416 e. The Morgan fingerprint density at radius 3 is 2.59 bits per heavy atom. The lowest BCUT2D eigenvalue weighted by atomic mass is 9.68. The van der Waals surface area contributed by atoms with E-state index in [2.05, 4.69) is 12.2 Å². The molecule has 5 rings (SSSR count). The Morgan fingerprint density at radius 1 is 1.31 bits per heavy atom. The number of nitrogens with zero attached hydrogens (tertiary/aromatic N) is 1. The maximum absolute atomic E-state index is 13.3. The SMILES string of the molecule is Cc1c([C@H]2[C@@H]3CN(C(=O)[C@H]4C[C@]5(COC(=O)N5)C4)C[C@@]32C)cccc1C(F)(F)F. The molecule has 2 saturated carbocycles. The first kappa shape index (κ1) is 18.8. The number of hydrogen-bond acceptors (Lipinski definition) is 3. The Kier molecular flexibility index (Phi) is 3.67. The number of hydrogen-bond donors (Lipinski definition) is 1. The van der Waals surface area contributed by atoms with Gasteiger partial charge in [0, 0.05) is 19.0 Å². The van der Waals surface area contributed by atoms with Crippen LogP contribution >= 0.6 is 0 Å². The predicted molar refractivity (Wildman–Crippen MR) is 97.0 cm³/mol. The van der Waals surface area contributed by atoms with Crippen LogP contribution in [0.25, 0.3) is 0 Å². The fourth-order valence-electron chi connectivity index (χ4n) is 5.97. The van der Waals surface area contributed by atoms with Gasteiger partial charge in [0.15, 0.2) is 0 Å². The molecule has 0 aromatic heterocycles. The van der Waals surface area contributed by atoms with Gasteiger partial charge in [0.05, 0.1) is 11.1 Å². The molecule has 2 aliphatic heterocycles. The van der Waals surface area contributed by atoms with Crippen molar-refractivity contribution in [3.63, 3.8) is 0 Å². The second-order valence-electron chi connectivity index (χ2n) is 9.41. The number of carbonyl (C=O) groups is 2. The normalized spacial score (nSPS) is 37.8. The number of amides is 2. The van der Waals surface area contributed by atoms with Crippen molar-refractivity contribution in [2.45, 2.75) is 44.3 Å². The van der Waals surface area contributed by atoms with Crippen LogP contribution in [-0.2, 0) is 15.7 Å². The van der Waals surface area contributed by atoms with Crippen molar-refractivity contribution >= 4 is 12.0 Å². The molecule has 0 unspecified atom stereocenters. The van der Waals surface area contributed by atoms with Gasteiger partial charge in [-0.25, -0.2) is 4.79 Å². The second-order valence-corrected chi connectivity index (χ2v) is 9.41. The van der Waals surface area contributed by atoms with Crippen LogP contribution in [0, 0.1) is 24.2 Å². The number of nitrogens with one attached hydrogen (secondary N) is 1. The number of piperidine rings is 1. The van der Waals surface area contributed by atoms with E-state index in [1.54, 1.807) is 13.0 Å². The van der Waals surface area contributed by atoms with Gasteiger partial charge in [0.2, 0.25) is 5.91 Å². The molecule has 0 radical (unpaired) electrons. The molecule has 1 N–H and O–H groups in total. The van der Waals surface area contributed by atoms with Gasteiger partial charge in [0.1, 0.15) is 6.61 Å². The first-order chi connectivity index (χ1) is 13.5. The predicted octanol–water partition coefficient (Wildman–Crippen LogP) is 3.46. The van der Waals surface area contributed by atoms with Gasteiger partial charge in [-0.05, 0) is 54.2 Å². The zero-order valence-electron chi connectivity index (χ0n) is 16.3. The lowest BCUT2D eigenvalue weighted by Crippen LogP contribution is -2.58. The van der Waals surface area contributed by atoms with E-state index >= 15 is 0 Å². The number of halogens is 3. The van der Waals surface area contributed by atoms with Crippen LogP contribution < -0.4 is 5.32 Å². The number of benzene rings is 1. The molecule has 2 heterocycles. The summed E-state index contributed by atoms with van der Waals surface area (Å²) in [5.41, 5.74) is -0.0698. The highest BCUT2D eigenvalue weighted by atomic mass is 19.4. The monoisotopic (exact) mass is 408 g/mol. The maximum atomic E-state index is 13.3. The third-order valence-corrected chi connectivity index (χ3v) is 7.60. The van der Waals surface area contributed by atoms with Crippen LogP contribution in [0.3, 0.4) is 0 Å². The summed E-state index contributed by atoms with van der Waals surface area (Å²) >= 11 is 0. The number of alkyl carbamates (subject to hydrolysis) is 1. The summed E-state index contributed by atoms with van der Waals surface area (Å²) < 4.78 is 44.7. The Morgan fingerprint density at radius 2 is 2.03 bits per heavy atom. The molecule has 1 aromatic rings. The molecule has 3 atom stereocenters. The minimum Gasteiger partial charge on any atom is -0.447 e. The standard InChI is InChI=1S/C21H23F3N2O3/c1-11-13(4-3-5-14(11)21(22,23)24)16-15-8-26(9-19(15,16)2)17(27)12-6-20(7-12)10-29-18(28)25-20/h3-5,12,15-16H,6-10H2,1-2H3,(H,25,28)/t12-,15-,16-,19-,20+/m0/s1. The van der Waals surface area contributed by atoms with Gasteiger partial charge >= 0.3 is 12.3 Å². The first-order valence-electron chi connectivity index (χ1n) is 9.95. The van der Waals surface area contributed by atoms with Gasteiger partial charge < -0.3 is 15.0 Å². The third-order valence-electron chi connectivity index (χ3n) is 7.60. The van der Waals surface area contributed by atoms with Crippen LogP contribution in [0.15, 0.2) is 18.2 Å². The highest BCUT2D eigenvalue weighted by molar-refractivity contribution is 5.82. The van der Waals surface area contributed by atoms with Crippen molar-refractivity contribution in [1.29, 1.82) is 0 Å². The summed E-state index contributed by atoms with van der Waals surface area (Å²) in [4.78, 5) is 26.0. The van der Waals surface area contributed by atoms with Crippen molar-refractivity contribution in [3.05, 3.63) is 34.9 Å². The van der Waals surface area contributed by atoms with Gasteiger partial charge in [-0.1, -0.05) is 19.1 Å². The average molecular weight is 408 g/mol. The topological polar surface area (TPSA) is 58.6 Å². The molecule has 1 spiro atoms.